The molecule has 0 aliphatic heterocycles. The molecule has 0 saturated carbocycles. The molecule has 0 aliphatic carbocycles. The van der Waals surface area contributed by atoms with Gasteiger partial charge < -0.3 is 4.98 Å². The maximum atomic E-state index is 5.59. The van der Waals surface area contributed by atoms with E-state index in [0.29, 0.717) is 10.2 Å². The van der Waals surface area contributed by atoms with Crippen LogP contribution < -0.4 is 0 Å². The molecule has 5 heteroatoms. The van der Waals surface area contributed by atoms with Crippen molar-refractivity contribution in [1.82, 2.24) is 4.98 Å². The van der Waals surface area contributed by atoms with Gasteiger partial charge >= 0.3 is 0 Å². The molecule has 1 N–H and O–H groups in total. The Morgan fingerprint density at radius 2 is 1.91 bits per heavy atom. The molecule has 0 fully saturated rings. The normalized spacial score (nSPS) is 11.5. The van der Waals surface area contributed by atoms with E-state index in [0.717, 1.165) is 0 Å². The van der Waals surface area contributed by atoms with Gasteiger partial charge in [-0.1, -0.05) is 53.1 Å². The lowest BCUT2D eigenvalue weighted by molar-refractivity contribution is 1.16. The number of rotatable bonds is 0. The highest BCUT2D eigenvalue weighted by molar-refractivity contribution is 7.71. The van der Waals surface area contributed by atoms with E-state index in [1.807, 2.05) is 0 Å². The van der Waals surface area contributed by atoms with Gasteiger partial charge in [-0.2, -0.15) is 0 Å². The van der Waals surface area contributed by atoms with Gasteiger partial charge in [0, 0.05) is 11.8 Å². The van der Waals surface area contributed by atoms with Crippen molar-refractivity contribution in [1.29, 1.82) is 0 Å². The molecule has 0 unspecified atom stereocenters. The molecule has 0 aromatic carbocycles. The molecule has 0 atom stereocenters. The fourth-order valence-corrected chi connectivity index (χ4v) is 1.07. The third-order valence-corrected chi connectivity index (χ3v) is 2.02. The molecule has 1 heterocycles. The Morgan fingerprint density at radius 1 is 1.27 bits per heavy atom. The second kappa shape index (κ2) is 3.31. The van der Waals surface area contributed by atoms with Crippen molar-refractivity contribution in [2.75, 3.05) is 0 Å². The average molecular weight is 229 g/mol. The Morgan fingerprint density at radius 3 is 2.27 bits per heavy atom. The Labute approximate surface area is 84.3 Å². The van der Waals surface area contributed by atoms with E-state index in [1.165, 1.54) is 0 Å². The van der Waals surface area contributed by atoms with E-state index in [9.17, 15) is 0 Å². The largest absolute Gasteiger partial charge is 0.352 e. The quantitative estimate of drug-likeness (QED) is 0.530. The SMILES string of the molecule is S=c1ccc(C(Cl)(Cl)Cl)c[nH]1. The molecule has 0 aliphatic rings. The van der Waals surface area contributed by atoms with E-state index in [-0.39, 0.29) is 0 Å². The van der Waals surface area contributed by atoms with Crippen LogP contribution in [0.15, 0.2) is 18.3 Å². The van der Waals surface area contributed by atoms with Gasteiger partial charge in [0.2, 0.25) is 3.79 Å². The monoisotopic (exact) mass is 227 g/mol. The number of aromatic amines is 1. The van der Waals surface area contributed by atoms with E-state index < -0.39 is 3.79 Å². The van der Waals surface area contributed by atoms with Gasteiger partial charge in [-0.3, -0.25) is 0 Å². The summed E-state index contributed by atoms with van der Waals surface area (Å²) in [4.78, 5) is 2.77. The first-order chi connectivity index (χ1) is 5.00. The predicted octanol–water partition coefficient (Wildman–Crippen LogP) is 3.57. The lowest BCUT2D eigenvalue weighted by atomic mass is 10.3. The number of pyridine rings is 1. The molecule has 0 radical (unpaired) electrons. The minimum Gasteiger partial charge on any atom is -0.352 e. The summed E-state index contributed by atoms with van der Waals surface area (Å²) in [6.07, 6.45) is 1.58. The first-order valence-corrected chi connectivity index (χ1v) is 4.30. The van der Waals surface area contributed by atoms with Crippen LogP contribution in [0.25, 0.3) is 0 Å². The van der Waals surface area contributed by atoms with Crippen LogP contribution in [0.3, 0.4) is 0 Å². The summed E-state index contributed by atoms with van der Waals surface area (Å²) in [6, 6.07) is 3.35. The zero-order valence-corrected chi connectivity index (χ0v) is 8.36. The molecule has 0 spiro atoms. The fraction of sp³-hybridized carbons (Fsp3) is 0.167. The summed E-state index contributed by atoms with van der Waals surface area (Å²) in [6.45, 7) is 0. The van der Waals surface area contributed by atoms with Crippen molar-refractivity contribution in [3.63, 3.8) is 0 Å². The van der Waals surface area contributed by atoms with Gasteiger partial charge in [-0.05, 0) is 6.07 Å². The minimum atomic E-state index is -1.38. The number of hydrogen-bond donors (Lipinski definition) is 1. The van der Waals surface area contributed by atoms with Crippen molar-refractivity contribution in [3.8, 4) is 0 Å². The Kier molecular flexibility index (Phi) is 2.81. The lowest BCUT2D eigenvalue weighted by Gasteiger charge is -2.09. The molecule has 0 saturated heterocycles. The number of halogens is 3. The molecule has 1 aromatic rings. The summed E-state index contributed by atoms with van der Waals surface area (Å²) in [5, 5.41) is 0. The zero-order valence-electron chi connectivity index (χ0n) is 5.27. The molecule has 60 valence electrons. The summed E-state index contributed by atoms with van der Waals surface area (Å²) in [7, 11) is 0. The summed E-state index contributed by atoms with van der Waals surface area (Å²) in [5.41, 5.74) is 0.580. The molecule has 1 rings (SSSR count). The fourth-order valence-electron chi connectivity index (χ4n) is 0.587. The van der Waals surface area contributed by atoms with Gasteiger partial charge in [0.05, 0.1) is 0 Å². The molecule has 0 amide bonds. The lowest BCUT2D eigenvalue weighted by Crippen LogP contribution is -1.99. The topological polar surface area (TPSA) is 15.8 Å². The van der Waals surface area contributed by atoms with Crippen molar-refractivity contribution < 1.29 is 0 Å². The van der Waals surface area contributed by atoms with Crippen molar-refractivity contribution in [2.24, 2.45) is 0 Å². The molecule has 1 nitrogen and oxygen atoms in total. The van der Waals surface area contributed by atoms with Gasteiger partial charge in [0.25, 0.3) is 0 Å². The Bertz CT molecular complexity index is 281. The number of alkyl halides is 3. The van der Waals surface area contributed by atoms with Gasteiger partial charge in [-0.25, -0.2) is 0 Å². The van der Waals surface area contributed by atoms with Gasteiger partial charge in [-0.15, -0.1) is 0 Å². The number of nitrogens with one attached hydrogen (secondary N) is 1. The van der Waals surface area contributed by atoms with E-state index in [2.05, 4.69) is 4.98 Å². The van der Waals surface area contributed by atoms with Crippen LogP contribution in [0.2, 0.25) is 0 Å². The van der Waals surface area contributed by atoms with E-state index >= 15 is 0 Å². The average Bonchev–Trinajstić information content (AvgIpc) is 1.86. The van der Waals surface area contributed by atoms with Crippen LogP contribution >= 0.6 is 47.0 Å². The number of H-pyrrole nitrogens is 1. The molecule has 0 bridgehead atoms. The third-order valence-electron chi connectivity index (χ3n) is 1.11. The first-order valence-electron chi connectivity index (χ1n) is 2.76. The van der Waals surface area contributed by atoms with Gasteiger partial charge in [0.1, 0.15) is 4.64 Å². The summed E-state index contributed by atoms with van der Waals surface area (Å²) in [5.74, 6) is 0. The standard InChI is InChI=1S/C6H4Cl3NS/c7-6(8,9)4-1-2-5(11)10-3-4/h1-3H,(H,10,11). The molecular weight excluding hydrogens is 224 g/mol. The van der Waals surface area contributed by atoms with Crippen LogP contribution in [-0.2, 0) is 3.79 Å². The van der Waals surface area contributed by atoms with Crippen LogP contribution in [0.1, 0.15) is 5.56 Å². The maximum Gasteiger partial charge on any atom is 0.217 e. The smallest absolute Gasteiger partial charge is 0.217 e. The van der Waals surface area contributed by atoms with Crippen LogP contribution in [0.4, 0.5) is 0 Å². The maximum absolute atomic E-state index is 5.59. The number of hydrogen-bond acceptors (Lipinski definition) is 1. The highest BCUT2D eigenvalue weighted by Crippen LogP contribution is 2.37. The Balaban J connectivity index is 3.09. The molecule has 1 aromatic heterocycles. The summed E-state index contributed by atoms with van der Waals surface area (Å²) >= 11 is 21.6. The zero-order chi connectivity index (χ0) is 8.48. The summed E-state index contributed by atoms with van der Waals surface area (Å²) < 4.78 is -0.762. The van der Waals surface area contributed by atoms with Crippen molar-refractivity contribution in [2.45, 2.75) is 3.79 Å². The van der Waals surface area contributed by atoms with E-state index in [4.69, 9.17) is 47.0 Å². The second-order valence-electron chi connectivity index (χ2n) is 1.94. The van der Waals surface area contributed by atoms with Crippen molar-refractivity contribution >= 4 is 47.0 Å². The van der Waals surface area contributed by atoms with Crippen LogP contribution in [0, 0.1) is 4.64 Å². The highest BCUT2D eigenvalue weighted by atomic mass is 35.6. The second-order valence-corrected chi connectivity index (χ2v) is 4.66. The van der Waals surface area contributed by atoms with Crippen molar-refractivity contribution in [3.05, 3.63) is 28.5 Å². The molecular formula is C6H4Cl3NS. The van der Waals surface area contributed by atoms with E-state index in [1.54, 1.807) is 18.3 Å². The number of aromatic nitrogens is 1. The van der Waals surface area contributed by atoms with Gasteiger partial charge in [0.15, 0.2) is 0 Å². The first kappa shape index (κ1) is 9.33. The molecule has 11 heavy (non-hydrogen) atoms. The third kappa shape index (κ3) is 2.64. The highest BCUT2D eigenvalue weighted by Gasteiger charge is 2.21. The predicted molar refractivity (Wildman–Crippen MR) is 50.9 cm³/mol. The Hall–Kier alpha value is 0.240. The minimum absolute atomic E-state index is 0.580. The van der Waals surface area contributed by atoms with Crippen LogP contribution in [0.5, 0.6) is 0 Å². The van der Waals surface area contributed by atoms with Crippen LogP contribution in [-0.4, -0.2) is 4.98 Å².